The molecule has 2 aromatic carbocycles. The number of furan rings is 1. The Labute approximate surface area is 203 Å². The van der Waals surface area contributed by atoms with Crippen molar-refractivity contribution in [1.29, 1.82) is 0 Å². The van der Waals surface area contributed by atoms with Crippen molar-refractivity contribution >= 4 is 40.3 Å². The molecule has 1 aliphatic rings. The van der Waals surface area contributed by atoms with Crippen molar-refractivity contribution in [3.63, 3.8) is 0 Å². The molecule has 170 valence electrons. The van der Waals surface area contributed by atoms with E-state index in [0.717, 1.165) is 23.3 Å². The van der Waals surface area contributed by atoms with E-state index in [1.165, 1.54) is 17.3 Å². The van der Waals surface area contributed by atoms with Crippen LogP contribution in [0.2, 0.25) is 0 Å². The number of hydrogen-bond acceptors (Lipinski definition) is 6. The highest BCUT2D eigenvalue weighted by atomic mass is 32.2. The molecule has 1 fully saturated rings. The van der Waals surface area contributed by atoms with Gasteiger partial charge in [-0.25, -0.2) is 0 Å². The number of carbonyl (C=O) groups excluding carboxylic acids is 1. The first-order chi connectivity index (χ1) is 16.0. The lowest BCUT2D eigenvalue weighted by atomic mass is 10.1. The third-order valence-corrected chi connectivity index (χ3v) is 6.54. The second-order valence-corrected chi connectivity index (χ2v) is 9.26. The Balaban J connectivity index is 1.41. The smallest absolute Gasteiger partial charge is 0.266 e. The zero-order valence-electron chi connectivity index (χ0n) is 18.6. The van der Waals surface area contributed by atoms with Gasteiger partial charge in [-0.1, -0.05) is 54.7 Å². The van der Waals surface area contributed by atoms with Gasteiger partial charge in [0, 0.05) is 5.56 Å². The van der Waals surface area contributed by atoms with E-state index in [4.69, 9.17) is 26.1 Å². The van der Waals surface area contributed by atoms with Gasteiger partial charge in [0.25, 0.3) is 5.91 Å². The predicted molar refractivity (Wildman–Crippen MR) is 135 cm³/mol. The highest BCUT2D eigenvalue weighted by molar-refractivity contribution is 8.26. The van der Waals surface area contributed by atoms with E-state index in [1.54, 1.807) is 17.2 Å². The van der Waals surface area contributed by atoms with E-state index in [1.807, 2.05) is 49.4 Å². The summed E-state index contributed by atoms with van der Waals surface area (Å²) in [7, 11) is 0. The van der Waals surface area contributed by atoms with Gasteiger partial charge in [-0.05, 0) is 61.4 Å². The fourth-order valence-corrected chi connectivity index (χ4v) is 4.63. The molecule has 3 aromatic rings. The van der Waals surface area contributed by atoms with E-state index in [0.29, 0.717) is 40.5 Å². The first-order valence-corrected chi connectivity index (χ1v) is 12.0. The molecule has 0 atom stereocenters. The number of carbonyl (C=O) groups is 1. The Morgan fingerprint density at radius 1 is 1.09 bits per heavy atom. The summed E-state index contributed by atoms with van der Waals surface area (Å²) in [6, 6.07) is 17.6. The minimum Gasteiger partial charge on any atom is -0.490 e. The number of thiocarbonyl (C=S) groups is 1. The van der Waals surface area contributed by atoms with Crippen LogP contribution >= 0.6 is 24.0 Å². The van der Waals surface area contributed by atoms with E-state index < -0.39 is 0 Å². The molecule has 4 rings (SSSR count). The van der Waals surface area contributed by atoms with Crippen molar-refractivity contribution in [1.82, 2.24) is 4.90 Å². The van der Waals surface area contributed by atoms with Crippen LogP contribution in [0.1, 0.15) is 29.4 Å². The Morgan fingerprint density at radius 2 is 1.88 bits per heavy atom. The van der Waals surface area contributed by atoms with Crippen molar-refractivity contribution in [2.75, 3.05) is 13.2 Å². The maximum Gasteiger partial charge on any atom is 0.266 e. The molecule has 1 aliphatic heterocycles. The molecule has 0 N–H and O–H groups in total. The first kappa shape index (κ1) is 23.1. The minimum absolute atomic E-state index is 0.132. The van der Waals surface area contributed by atoms with Crippen molar-refractivity contribution < 1.29 is 18.7 Å². The van der Waals surface area contributed by atoms with Gasteiger partial charge in [0.05, 0.1) is 17.7 Å². The lowest BCUT2D eigenvalue weighted by molar-refractivity contribution is -0.122. The largest absolute Gasteiger partial charge is 0.490 e. The van der Waals surface area contributed by atoms with E-state index >= 15 is 0 Å². The number of benzene rings is 2. The molecule has 0 unspecified atom stereocenters. The van der Waals surface area contributed by atoms with E-state index in [-0.39, 0.29) is 5.91 Å². The van der Waals surface area contributed by atoms with Crippen LogP contribution < -0.4 is 9.47 Å². The second-order valence-electron chi connectivity index (χ2n) is 7.58. The molecular weight excluding hydrogens is 454 g/mol. The summed E-state index contributed by atoms with van der Waals surface area (Å²) in [5.74, 6) is 2.08. The topological polar surface area (TPSA) is 51.9 Å². The zero-order valence-corrected chi connectivity index (χ0v) is 20.2. The molecule has 0 bridgehead atoms. The Bertz CT molecular complexity index is 1150. The highest BCUT2D eigenvalue weighted by Gasteiger charge is 2.32. The first-order valence-electron chi connectivity index (χ1n) is 10.8. The Kier molecular flexibility index (Phi) is 7.52. The summed E-state index contributed by atoms with van der Waals surface area (Å²) in [6.45, 7) is 5.26. The summed E-state index contributed by atoms with van der Waals surface area (Å²) < 4.78 is 17.7. The Hall–Kier alpha value is -3.03. The summed E-state index contributed by atoms with van der Waals surface area (Å²) in [5.41, 5.74) is 3.19. The van der Waals surface area contributed by atoms with E-state index in [2.05, 4.69) is 19.1 Å². The summed E-state index contributed by atoms with van der Waals surface area (Å²) >= 11 is 6.72. The predicted octanol–water partition coefficient (Wildman–Crippen LogP) is 6.01. The number of ether oxygens (including phenoxy) is 2. The molecular formula is C26H25NO4S2. The van der Waals surface area contributed by atoms with Crippen molar-refractivity contribution in [2.24, 2.45) is 0 Å². The highest BCUT2D eigenvalue weighted by Crippen LogP contribution is 2.35. The second kappa shape index (κ2) is 10.7. The third kappa shape index (κ3) is 5.86. The van der Waals surface area contributed by atoms with Gasteiger partial charge in [-0.2, -0.15) is 0 Å². The van der Waals surface area contributed by atoms with Gasteiger partial charge in [0.15, 0.2) is 0 Å². The lowest BCUT2D eigenvalue weighted by Crippen LogP contribution is -2.27. The van der Waals surface area contributed by atoms with Crippen LogP contribution in [-0.4, -0.2) is 28.3 Å². The number of hydrogen-bond donors (Lipinski definition) is 0. The fourth-order valence-electron chi connectivity index (χ4n) is 3.38. The van der Waals surface area contributed by atoms with Crippen LogP contribution in [0.15, 0.2) is 70.2 Å². The fraction of sp³-hybridized carbons (Fsp3) is 0.231. The maximum absolute atomic E-state index is 13.0. The molecule has 33 heavy (non-hydrogen) atoms. The number of thioether (sulfide) groups is 1. The summed E-state index contributed by atoms with van der Waals surface area (Å²) in [4.78, 5) is 15.1. The van der Waals surface area contributed by atoms with Gasteiger partial charge in [-0.3, -0.25) is 9.69 Å². The van der Waals surface area contributed by atoms with Gasteiger partial charge in [0.2, 0.25) is 0 Å². The molecule has 0 spiro atoms. The molecule has 7 heteroatoms. The van der Waals surface area contributed by atoms with Crippen LogP contribution in [0.4, 0.5) is 0 Å². The van der Waals surface area contributed by atoms with Crippen molar-refractivity contribution in [3.8, 4) is 11.5 Å². The molecule has 0 aliphatic carbocycles. The van der Waals surface area contributed by atoms with Crippen molar-refractivity contribution in [3.05, 3.63) is 88.2 Å². The van der Waals surface area contributed by atoms with Gasteiger partial charge < -0.3 is 13.9 Å². The summed E-state index contributed by atoms with van der Waals surface area (Å²) in [6.07, 6.45) is 4.43. The quantitative estimate of drug-likeness (QED) is 0.213. The molecule has 0 saturated carbocycles. The van der Waals surface area contributed by atoms with Gasteiger partial charge >= 0.3 is 0 Å². The molecule has 0 radical (unpaired) electrons. The van der Waals surface area contributed by atoms with Gasteiger partial charge in [0.1, 0.15) is 34.8 Å². The number of amides is 1. The molecule has 1 amide bonds. The normalized spacial score (nSPS) is 14.8. The van der Waals surface area contributed by atoms with Crippen LogP contribution in [0.25, 0.3) is 6.08 Å². The zero-order chi connectivity index (χ0) is 23.2. The average Bonchev–Trinajstić information content (AvgIpc) is 3.42. The number of rotatable bonds is 9. The van der Waals surface area contributed by atoms with Crippen molar-refractivity contribution in [2.45, 2.75) is 26.8 Å². The third-order valence-electron chi connectivity index (χ3n) is 5.16. The van der Waals surface area contributed by atoms with E-state index in [9.17, 15) is 4.79 Å². The standard InChI is InChI=1S/C26H25NO4S2/c1-3-19-7-9-21(10-8-19)30-13-14-31-23-11-6-18(2)15-20(23)16-24-25(28)27(26(32)33-24)17-22-5-4-12-29-22/h4-12,15-16H,3,13-14,17H2,1-2H3/b24-16-. The number of nitrogens with zero attached hydrogens (tertiary/aromatic N) is 1. The van der Waals surface area contributed by atoms with Crippen LogP contribution in [-0.2, 0) is 17.8 Å². The lowest BCUT2D eigenvalue weighted by Gasteiger charge is -2.13. The number of aryl methyl sites for hydroxylation is 2. The van der Waals surface area contributed by atoms with Gasteiger partial charge in [-0.15, -0.1) is 0 Å². The van der Waals surface area contributed by atoms with Crippen LogP contribution in [0.3, 0.4) is 0 Å². The maximum atomic E-state index is 13.0. The van der Waals surface area contributed by atoms with Crippen LogP contribution in [0.5, 0.6) is 11.5 Å². The molecule has 1 saturated heterocycles. The molecule has 1 aromatic heterocycles. The summed E-state index contributed by atoms with van der Waals surface area (Å²) in [5, 5.41) is 0. The molecule has 5 nitrogen and oxygen atoms in total. The Morgan fingerprint density at radius 3 is 2.61 bits per heavy atom. The monoisotopic (exact) mass is 479 g/mol. The van der Waals surface area contributed by atoms with Crippen LogP contribution in [0, 0.1) is 6.92 Å². The minimum atomic E-state index is -0.132. The SMILES string of the molecule is CCc1ccc(OCCOc2ccc(C)cc2/C=C2\SC(=S)N(Cc3ccco3)C2=O)cc1. The average molecular weight is 480 g/mol. The molecule has 2 heterocycles.